The van der Waals surface area contributed by atoms with Crippen LogP contribution in [0.15, 0.2) is 0 Å². The van der Waals surface area contributed by atoms with Crippen molar-refractivity contribution >= 4 is 34.8 Å². The molecule has 0 radical (unpaired) electrons. The second-order valence-corrected chi connectivity index (χ2v) is 15.0. The zero-order valence-electron chi connectivity index (χ0n) is 33.3. The van der Waals surface area contributed by atoms with Gasteiger partial charge in [0, 0.05) is 25.9 Å². The Balaban J connectivity index is 0. The lowest BCUT2D eigenvalue weighted by molar-refractivity contribution is -0.890. The van der Waals surface area contributed by atoms with Gasteiger partial charge in [-0.15, -0.1) is 17.0 Å². The van der Waals surface area contributed by atoms with Crippen molar-refractivity contribution in [1.82, 2.24) is 4.90 Å². The number of likely N-dealkylation sites (N-methyl/N-ethyl adjacent to an activating group) is 1. The molecule has 50 heavy (non-hydrogen) atoms. The number of aliphatic hydroxyl groups excluding tert-OH is 1. The molecule has 0 aliphatic heterocycles. The molecule has 0 rings (SSSR count). The van der Waals surface area contributed by atoms with Crippen molar-refractivity contribution in [2.75, 3.05) is 60.1 Å². The van der Waals surface area contributed by atoms with Crippen molar-refractivity contribution in [3.63, 3.8) is 0 Å². The first kappa shape index (κ1) is 50.9. The molecule has 0 unspecified atom stereocenters. The van der Waals surface area contributed by atoms with E-state index in [0.717, 1.165) is 25.7 Å². The molecule has 0 aliphatic carbocycles. The Morgan fingerprint density at radius 3 is 1.18 bits per heavy atom. The standard InChI is InChI=1S/C41H81N2O6.BrH/c1-5-7-9-11-13-15-17-19-21-23-25-29-40(46)48-37-27-32-42(39(45)31-34-43(3,4)35-36-44)33-28-38-49-41(47)30-26-24-22-20-18-16-14-12-10-8-6-2;/h44H,5-38H2,1-4H3;1H/q+1;. The summed E-state index contributed by atoms with van der Waals surface area (Å²) in [5.41, 5.74) is 0. The van der Waals surface area contributed by atoms with Crippen LogP contribution in [0.3, 0.4) is 0 Å². The highest BCUT2D eigenvalue weighted by Gasteiger charge is 2.20. The van der Waals surface area contributed by atoms with Gasteiger partial charge >= 0.3 is 11.9 Å². The number of ether oxygens (including phenoxy) is 2. The van der Waals surface area contributed by atoms with E-state index in [0.29, 0.717) is 76.0 Å². The van der Waals surface area contributed by atoms with Gasteiger partial charge in [0.1, 0.15) is 6.54 Å². The van der Waals surface area contributed by atoms with Crippen LogP contribution in [0.4, 0.5) is 0 Å². The number of amides is 1. The Labute approximate surface area is 319 Å². The molecule has 0 saturated heterocycles. The Kier molecular flexibility index (Phi) is 38.3. The summed E-state index contributed by atoms with van der Waals surface area (Å²) >= 11 is 0. The molecule has 0 spiro atoms. The number of halogens is 1. The number of rotatable bonds is 37. The average Bonchev–Trinajstić information content (AvgIpc) is 3.07. The molecule has 0 fully saturated rings. The summed E-state index contributed by atoms with van der Waals surface area (Å²) in [6, 6.07) is 0. The number of esters is 2. The zero-order valence-corrected chi connectivity index (χ0v) is 35.0. The highest BCUT2D eigenvalue weighted by atomic mass is 79.9. The summed E-state index contributed by atoms with van der Waals surface area (Å²) in [5.74, 6) is -0.258. The molecule has 298 valence electrons. The van der Waals surface area contributed by atoms with Gasteiger partial charge in [-0.2, -0.15) is 0 Å². The van der Waals surface area contributed by atoms with Crippen LogP contribution in [-0.4, -0.2) is 92.4 Å². The molecule has 0 saturated carbocycles. The van der Waals surface area contributed by atoms with Crippen molar-refractivity contribution < 1.29 is 33.4 Å². The largest absolute Gasteiger partial charge is 0.466 e. The molecule has 0 heterocycles. The molecule has 0 aromatic carbocycles. The van der Waals surface area contributed by atoms with E-state index in [1.54, 1.807) is 0 Å². The van der Waals surface area contributed by atoms with Gasteiger partial charge in [-0.3, -0.25) is 14.4 Å². The number of carbonyl (C=O) groups excluding carboxylic acids is 3. The predicted octanol–water partition coefficient (Wildman–Crippen LogP) is 10.1. The molecule has 1 amide bonds. The highest BCUT2D eigenvalue weighted by molar-refractivity contribution is 8.93. The van der Waals surface area contributed by atoms with Crippen LogP contribution in [0, 0.1) is 0 Å². The van der Waals surface area contributed by atoms with Crippen molar-refractivity contribution in [2.24, 2.45) is 0 Å². The maximum Gasteiger partial charge on any atom is 0.305 e. The smallest absolute Gasteiger partial charge is 0.305 e. The van der Waals surface area contributed by atoms with Crippen molar-refractivity contribution in [3.05, 3.63) is 0 Å². The number of quaternary nitrogens is 1. The summed E-state index contributed by atoms with van der Waals surface area (Å²) in [6.45, 7) is 7.44. The summed E-state index contributed by atoms with van der Waals surface area (Å²) in [6.07, 6.45) is 30.0. The van der Waals surface area contributed by atoms with Gasteiger partial charge in [0.05, 0.1) is 46.9 Å². The number of unbranched alkanes of at least 4 members (excludes halogenated alkanes) is 20. The van der Waals surface area contributed by atoms with E-state index in [-0.39, 0.29) is 41.4 Å². The zero-order chi connectivity index (χ0) is 36.3. The number of carbonyl (C=O) groups is 3. The third-order valence-corrected chi connectivity index (χ3v) is 9.63. The number of hydrogen-bond acceptors (Lipinski definition) is 6. The van der Waals surface area contributed by atoms with E-state index in [9.17, 15) is 19.5 Å². The van der Waals surface area contributed by atoms with E-state index < -0.39 is 0 Å². The lowest BCUT2D eigenvalue weighted by atomic mass is 10.1. The van der Waals surface area contributed by atoms with E-state index in [4.69, 9.17) is 9.47 Å². The molecule has 1 N–H and O–H groups in total. The SMILES string of the molecule is Br.CCCCCCCCCCCCCC(=O)OCCCN(CCCOC(=O)CCCCCCCCCCCCC)C(=O)CC[N+](C)(C)CCO. The Bertz CT molecular complexity index is 736. The molecular weight excluding hydrogens is 696 g/mol. The summed E-state index contributed by atoms with van der Waals surface area (Å²) in [5, 5.41) is 9.34. The molecule has 0 bridgehead atoms. The first-order chi connectivity index (χ1) is 23.8. The minimum Gasteiger partial charge on any atom is -0.466 e. The van der Waals surface area contributed by atoms with Gasteiger partial charge in [-0.05, 0) is 25.7 Å². The van der Waals surface area contributed by atoms with Crippen LogP contribution >= 0.6 is 17.0 Å². The quantitative estimate of drug-likeness (QED) is 0.0384. The van der Waals surface area contributed by atoms with Crippen molar-refractivity contribution in [1.29, 1.82) is 0 Å². The van der Waals surface area contributed by atoms with Gasteiger partial charge in [-0.1, -0.05) is 142 Å². The van der Waals surface area contributed by atoms with Crippen LogP contribution in [0.2, 0.25) is 0 Å². The van der Waals surface area contributed by atoms with Crippen LogP contribution < -0.4 is 0 Å². The summed E-state index contributed by atoms with van der Waals surface area (Å²) in [7, 11) is 4.02. The van der Waals surface area contributed by atoms with Crippen LogP contribution in [0.1, 0.15) is 187 Å². The van der Waals surface area contributed by atoms with Gasteiger partial charge in [-0.25, -0.2) is 0 Å². The van der Waals surface area contributed by atoms with E-state index >= 15 is 0 Å². The first-order valence-corrected chi connectivity index (χ1v) is 20.8. The van der Waals surface area contributed by atoms with Crippen molar-refractivity contribution in [3.8, 4) is 0 Å². The molecule has 9 heteroatoms. The Morgan fingerprint density at radius 1 is 0.500 bits per heavy atom. The number of hydrogen-bond donors (Lipinski definition) is 1. The maximum absolute atomic E-state index is 13.1. The normalized spacial score (nSPS) is 11.3. The van der Waals surface area contributed by atoms with E-state index in [1.165, 1.54) is 116 Å². The fraction of sp³-hybridized carbons (Fsp3) is 0.927. The monoisotopic (exact) mass is 778 g/mol. The summed E-state index contributed by atoms with van der Waals surface area (Å²) < 4.78 is 11.5. The predicted molar refractivity (Wildman–Crippen MR) is 214 cm³/mol. The fourth-order valence-corrected chi connectivity index (χ4v) is 6.19. The second kappa shape index (κ2) is 37.6. The van der Waals surface area contributed by atoms with Crippen LogP contribution in [0.5, 0.6) is 0 Å². The average molecular weight is 779 g/mol. The molecule has 8 nitrogen and oxygen atoms in total. The van der Waals surface area contributed by atoms with Gasteiger partial charge in [0.25, 0.3) is 0 Å². The summed E-state index contributed by atoms with van der Waals surface area (Å²) in [4.78, 5) is 39.5. The molecule has 0 aromatic heterocycles. The Morgan fingerprint density at radius 2 is 0.840 bits per heavy atom. The number of nitrogens with zero attached hydrogens (tertiary/aromatic N) is 2. The molecule has 0 aromatic rings. The van der Waals surface area contributed by atoms with Crippen LogP contribution in [0.25, 0.3) is 0 Å². The molecule has 0 aliphatic rings. The van der Waals surface area contributed by atoms with Crippen LogP contribution in [-0.2, 0) is 23.9 Å². The molecular formula is C41H82BrN2O6+. The fourth-order valence-electron chi connectivity index (χ4n) is 6.19. The second-order valence-electron chi connectivity index (χ2n) is 15.0. The lowest BCUT2D eigenvalue weighted by Crippen LogP contribution is -2.45. The first-order valence-electron chi connectivity index (χ1n) is 20.8. The highest BCUT2D eigenvalue weighted by Crippen LogP contribution is 2.14. The third kappa shape index (κ3) is 35.2. The topological polar surface area (TPSA) is 93.1 Å². The third-order valence-electron chi connectivity index (χ3n) is 9.63. The maximum atomic E-state index is 13.1. The van der Waals surface area contributed by atoms with Gasteiger partial charge < -0.3 is 24.0 Å². The van der Waals surface area contributed by atoms with E-state index in [2.05, 4.69) is 13.8 Å². The molecule has 0 atom stereocenters. The van der Waals surface area contributed by atoms with Gasteiger partial charge in [0.2, 0.25) is 5.91 Å². The minimum absolute atomic E-state index is 0. The minimum atomic E-state index is -0.151. The Hall–Kier alpha value is -1.19. The number of aliphatic hydroxyl groups is 1. The lowest BCUT2D eigenvalue weighted by Gasteiger charge is -2.30. The van der Waals surface area contributed by atoms with Crippen molar-refractivity contribution in [2.45, 2.75) is 187 Å². The van der Waals surface area contributed by atoms with Gasteiger partial charge in [0.15, 0.2) is 0 Å². The van der Waals surface area contributed by atoms with E-state index in [1.807, 2.05) is 19.0 Å².